The minimum Gasteiger partial charge on any atom is -0.350 e. The average molecular weight is 294 g/mol. The van der Waals surface area contributed by atoms with Gasteiger partial charge in [0.25, 0.3) is 0 Å². The molecule has 1 heterocycles. The molecule has 5 heteroatoms. The van der Waals surface area contributed by atoms with Crippen LogP contribution >= 0.6 is 11.6 Å². The molecular formula is C15H20ClN3O. The zero-order valence-electron chi connectivity index (χ0n) is 12.3. The third-order valence-electron chi connectivity index (χ3n) is 2.98. The number of amides is 1. The normalized spacial score (nSPS) is 11.8. The lowest BCUT2D eigenvalue weighted by Gasteiger charge is -2.21. The summed E-state index contributed by atoms with van der Waals surface area (Å²) in [6.45, 7) is 8.14. The first-order valence-electron chi connectivity index (χ1n) is 6.63. The van der Waals surface area contributed by atoms with Crippen LogP contribution in [0.3, 0.4) is 0 Å². The molecule has 0 bridgehead atoms. The molecule has 108 valence electrons. The maximum atomic E-state index is 12.1. The number of hydrogen-bond acceptors (Lipinski definition) is 2. The van der Waals surface area contributed by atoms with Crippen LogP contribution in [-0.4, -0.2) is 21.0 Å². The monoisotopic (exact) mass is 293 g/mol. The summed E-state index contributed by atoms with van der Waals surface area (Å²) in [5.74, 6) is 0.975. The van der Waals surface area contributed by atoms with Crippen molar-refractivity contribution in [3.8, 4) is 0 Å². The summed E-state index contributed by atoms with van der Waals surface area (Å²) in [5, 5.41) is 2.96. The molecule has 0 aliphatic heterocycles. The van der Waals surface area contributed by atoms with Crippen LogP contribution in [0, 0.1) is 6.92 Å². The first-order valence-corrected chi connectivity index (χ1v) is 7.17. The van der Waals surface area contributed by atoms with Crippen molar-refractivity contribution in [1.29, 1.82) is 0 Å². The molecule has 0 fully saturated rings. The van der Waals surface area contributed by atoms with Gasteiger partial charge >= 0.3 is 0 Å². The topological polar surface area (TPSA) is 46.9 Å². The highest BCUT2D eigenvalue weighted by atomic mass is 35.5. The number of imidazole rings is 1. The van der Waals surface area contributed by atoms with Crippen molar-refractivity contribution in [3.63, 3.8) is 0 Å². The van der Waals surface area contributed by atoms with Gasteiger partial charge in [0.2, 0.25) is 5.91 Å². The molecular weight excluding hydrogens is 274 g/mol. The van der Waals surface area contributed by atoms with Crippen LogP contribution in [0.25, 0.3) is 11.0 Å². The molecule has 4 nitrogen and oxygen atoms in total. The highest BCUT2D eigenvalue weighted by molar-refractivity contribution is 6.16. The van der Waals surface area contributed by atoms with Crippen LogP contribution < -0.4 is 5.32 Å². The van der Waals surface area contributed by atoms with Crippen molar-refractivity contribution in [2.24, 2.45) is 0 Å². The fourth-order valence-corrected chi connectivity index (χ4v) is 2.49. The van der Waals surface area contributed by atoms with Gasteiger partial charge in [-0.05, 0) is 39.3 Å². The second kappa shape index (κ2) is 5.44. The van der Waals surface area contributed by atoms with E-state index in [1.165, 1.54) is 0 Å². The molecule has 0 radical (unpaired) electrons. The number of rotatable bonds is 3. The van der Waals surface area contributed by atoms with Gasteiger partial charge in [-0.15, -0.1) is 11.6 Å². The number of para-hydroxylation sites is 1. The van der Waals surface area contributed by atoms with E-state index in [-0.39, 0.29) is 23.9 Å². The molecule has 0 saturated carbocycles. The minimum absolute atomic E-state index is 0.0357. The van der Waals surface area contributed by atoms with Crippen LogP contribution in [0.15, 0.2) is 18.2 Å². The molecule has 1 amide bonds. The fourth-order valence-electron chi connectivity index (χ4n) is 2.29. The summed E-state index contributed by atoms with van der Waals surface area (Å²) < 4.78 is 1.90. The van der Waals surface area contributed by atoms with Gasteiger partial charge in [-0.2, -0.15) is 0 Å². The zero-order valence-corrected chi connectivity index (χ0v) is 13.1. The van der Waals surface area contributed by atoms with Crippen molar-refractivity contribution in [2.45, 2.75) is 45.7 Å². The van der Waals surface area contributed by atoms with Gasteiger partial charge < -0.3 is 9.88 Å². The zero-order chi connectivity index (χ0) is 14.9. The molecule has 20 heavy (non-hydrogen) atoms. The summed E-state index contributed by atoms with van der Waals surface area (Å²) in [4.78, 5) is 16.6. The van der Waals surface area contributed by atoms with Crippen molar-refractivity contribution in [2.75, 3.05) is 0 Å². The molecule has 1 N–H and O–H groups in total. The van der Waals surface area contributed by atoms with E-state index >= 15 is 0 Å². The van der Waals surface area contributed by atoms with Gasteiger partial charge in [0.15, 0.2) is 0 Å². The third kappa shape index (κ3) is 3.12. The second-order valence-electron chi connectivity index (χ2n) is 5.99. The van der Waals surface area contributed by atoms with E-state index in [1.54, 1.807) is 0 Å². The van der Waals surface area contributed by atoms with E-state index in [9.17, 15) is 4.79 Å². The Hall–Kier alpha value is -1.55. The van der Waals surface area contributed by atoms with Gasteiger partial charge in [0.05, 0.1) is 16.9 Å². The molecule has 0 saturated heterocycles. The van der Waals surface area contributed by atoms with Crippen LogP contribution in [0.5, 0.6) is 0 Å². The molecule has 1 aromatic carbocycles. The van der Waals surface area contributed by atoms with Crippen LogP contribution in [0.4, 0.5) is 0 Å². The van der Waals surface area contributed by atoms with Crippen LogP contribution in [0.1, 0.15) is 32.2 Å². The highest BCUT2D eigenvalue weighted by Gasteiger charge is 2.18. The maximum Gasteiger partial charge on any atom is 0.240 e. The van der Waals surface area contributed by atoms with Gasteiger partial charge in [0, 0.05) is 5.54 Å². The number of halogens is 1. The summed E-state index contributed by atoms with van der Waals surface area (Å²) in [7, 11) is 0. The van der Waals surface area contributed by atoms with E-state index in [0.717, 1.165) is 22.4 Å². The lowest BCUT2D eigenvalue weighted by atomic mass is 10.1. The number of benzene rings is 1. The Bertz CT molecular complexity index is 640. The standard InChI is InChI=1S/C15H20ClN3O/c1-10-6-5-7-11-14(10)19(12(8-16)17-11)9-13(20)18-15(2,3)4/h5-7H,8-9H2,1-4H3,(H,18,20). The first kappa shape index (κ1) is 14.9. The van der Waals surface area contributed by atoms with Crippen molar-refractivity contribution < 1.29 is 4.79 Å². The largest absolute Gasteiger partial charge is 0.350 e. The number of carbonyl (C=O) groups is 1. The Morgan fingerprint density at radius 1 is 1.40 bits per heavy atom. The van der Waals surface area contributed by atoms with Crippen molar-refractivity contribution in [1.82, 2.24) is 14.9 Å². The van der Waals surface area contributed by atoms with E-state index in [0.29, 0.717) is 0 Å². The lowest BCUT2D eigenvalue weighted by Crippen LogP contribution is -2.42. The third-order valence-corrected chi connectivity index (χ3v) is 3.22. The highest BCUT2D eigenvalue weighted by Crippen LogP contribution is 2.21. The first-order chi connectivity index (χ1) is 9.31. The predicted octanol–water partition coefficient (Wildman–Crippen LogP) is 3.00. The molecule has 0 unspecified atom stereocenters. The van der Waals surface area contributed by atoms with Gasteiger partial charge in [0.1, 0.15) is 12.4 Å². The van der Waals surface area contributed by atoms with Crippen molar-refractivity contribution in [3.05, 3.63) is 29.6 Å². The smallest absolute Gasteiger partial charge is 0.240 e. The van der Waals surface area contributed by atoms with E-state index in [2.05, 4.69) is 10.3 Å². The number of fused-ring (bicyclic) bond motifs is 1. The second-order valence-corrected chi connectivity index (χ2v) is 6.26. The van der Waals surface area contributed by atoms with Gasteiger partial charge in [-0.1, -0.05) is 12.1 Å². The number of aromatic nitrogens is 2. The molecule has 0 aliphatic carbocycles. The SMILES string of the molecule is Cc1cccc2nc(CCl)n(CC(=O)NC(C)(C)C)c12. The van der Waals surface area contributed by atoms with E-state index in [1.807, 2.05) is 50.5 Å². The Morgan fingerprint density at radius 3 is 2.70 bits per heavy atom. The van der Waals surface area contributed by atoms with E-state index in [4.69, 9.17) is 11.6 Å². The Kier molecular flexibility index (Phi) is 4.04. The Balaban J connectivity index is 2.40. The quantitative estimate of drug-likeness (QED) is 0.884. The van der Waals surface area contributed by atoms with E-state index < -0.39 is 0 Å². The number of hydrogen-bond donors (Lipinski definition) is 1. The Labute approximate surface area is 124 Å². The molecule has 2 aromatic rings. The van der Waals surface area contributed by atoms with Gasteiger partial charge in [-0.25, -0.2) is 4.98 Å². The molecule has 0 atom stereocenters. The molecule has 1 aromatic heterocycles. The maximum absolute atomic E-state index is 12.1. The summed E-state index contributed by atoms with van der Waals surface area (Å²) >= 11 is 5.96. The summed E-state index contributed by atoms with van der Waals surface area (Å²) in [6, 6.07) is 5.92. The number of carbonyl (C=O) groups excluding carboxylic acids is 1. The number of nitrogens with one attached hydrogen (secondary N) is 1. The van der Waals surface area contributed by atoms with Crippen LogP contribution in [-0.2, 0) is 17.2 Å². The number of aryl methyl sites for hydroxylation is 1. The number of alkyl halides is 1. The Morgan fingerprint density at radius 2 is 2.10 bits per heavy atom. The lowest BCUT2D eigenvalue weighted by molar-refractivity contribution is -0.123. The van der Waals surface area contributed by atoms with Gasteiger partial charge in [-0.3, -0.25) is 4.79 Å². The van der Waals surface area contributed by atoms with Crippen LogP contribution in [0.2, 0.25) is 0 Å². The molecule has 2 rings (SSSR count). The summed E-state index contributed by atoms with van der Waals surface area (Å²) in [6.07, 6.45) is 0. The minimum atomic E-state index is -0.246. The molecule has 0 aliphatic rings. The summed E-state index contributed by atoms with van der Waals surface area (Å²) in [5.41, 5.74) is 2.70. The fraction of sp³-hybridized carbons (Fsp3) is 0.467. The molecule has 0 spiro atoms. The number of nitrogens with zero attached hydrogens (tertiary/aromatic N) is 2. The predicted molar refractivity (Wildman–Crippen MR) is 81.9 cm³/mol. The average Bonchev–Trinajstić information content (AvgIpc) is 2.66. The van der Waals surface area contributed by atoms with Crippen molar-refractivity contribution >= 4 is 28.5 Å².